The Hall–Kier alpha value is -1.80. The van der Waals surface area contributed by atoms with Crippen LogP contribution in [-0.2, 0) is 18.4 Å². The molecule has 0 spiro atoms. The quantitative estimate of drug-likeness (QED) is 0.0275. The molecule has 3 atom stereocenters. The van der Waals surface area contributed by atoms with Crippen LogP contribution in [-0.4, -0.2) is 47.8 Å². The molecular formula is C46H85N2O6P. The van der Waals surface area contributed by atoms with Crippen LogP contribution < -0.4 is 11.1 Å². The van der Waals surface area contributed by atoms with Crippen molar-refractivity contribution >= 4 is 13.7 Å². The van der Waals surface area contributed by atoms with Gasteiger partial charge in [0.25, 0.3) is 0 Å². The fraction of sp³-hybridized carbons (Fsp3) is 0.761. The number of carbonyl (C=O) groups is 1. The second-order valence-electron chi connectivity index (χ2n) is 14.9. The molecule has 0 rings (SSSR count). The van der Waals surface area contributed by atoms with Crippen LogP contribution in [0.2, 0.25) is 0 Å². The molecule has 0 radical (unpaired) electrons. The molecule has 3 unspecified atom stereocenters. The van der Waals surface area contributed by atoms with Gasteiger partial charge in [0.1, 0.15) is 0 Å². The van der Waals surface area contributed by atoms with Crippen LogP contribution in [0.1, 0.15) is 194 Å². The third kappa shape index (κ3) is 40.2. The summed E-state index contributed by atoms with van der Waals surface area (Å²) >= 11 is 0. The van der Waals surface area contributed by atoms with Gasteiger partial charge in [-0.3, -0.25) is 13.8 Å². The number of aliphatic hydroxyl groups excluding tert-OH is 1. The van der Waals surface area contributed by atoms with Gasteiger partial charge in [-0.15, -0.1) is 0 Å². The van der Waals surface area contributed by atoms with Gasteiger partial charge in [0.2, 0.25) is 5.91 Å². The van der Waals surface area contributed by atoms with E-state index >= 15 is 0 Å². The first-order valence-corrected chi connectivity index (χ1v) is 23.9. The maximum absolute atomic E-state index is 12.8. The zero-order chi connectivity index (χ0) is 40.3. The molecule has 0 bridgehead atoms. The number of nitrogens with two attached hydrogens (primary N) is 1. The van der Waals surface area contributed by atoms with E-state index in [9.17, 15) is 19.4 Å². The van der Waals surface area contributed by atoms with E-state index in [1.165, 1.54) is 96.3 Å². The van der Waals surface area contributed by atoms with Gasteiger partial charge < -0.3 is 21.1 Å². The molecule has 0 fully saturated rings. The predicted molar refractivity (Wildman–Crippen MR) is 235 cm³/mol. The molecule has 0 aromatic rings. The average molecular weight is 793 g/mol. The molecule has 8 nitrogen and oxygen atoms in total. The summed E-state index contributed by atoms with van der Waals surface area (Å²) in [6.07, 6.45) is 52.7. The number of nitrogens with one attached hydrogen (secondary N) is 1. The SMILES string of the molecule is CC/C=C\C/C=C\C/C=C\C/C=C\CCCCCCC(=O)NC(COP(=O)(O)OCCN)C(O)/C=C/CCCCCCCCCCCCCCCCCCC. The number of carbonyl (C=O) groups excluding carboxylic acids is 1. The van der Waals surface area contributed by atoms with Crippen molar-refractivity contribution < 1.29 is 28.4 Å². The Morgan fingerprint density at radius 2 is 1.05 bits per heavy atom. The Kier molecular flexibility index (Phi) is 40.5. The van der Waals surface area contributed by atoms with Gasteiger partial charge in [-0.25, -0.2) is 4.57 Å². The summed E-state index contributed by atoms with van der Waals surface area (Å²) < 4.78 is 22.1. The number of hydrogen-bond donors (Lipinski definition) is 4. The maximum atomic E-state index is 12.8. The fourth-order valence-corrected chi connectivity index (χ4v) is 7.00. The van der Waals surface area contributed by atoms with Crippen molar-refractivity contribution in [1.82, 2.24) is 5.32 Å². The summed E-state index contributed by atoms with van der Waals surface area (Å²) in [5.74, 6) is -0.219. The van der Waals surface area contributed by atoms with Crippen molar-refractivity contribution in [2.24, 2.45) is 5.73 Å². The normalized spacial score (nSPS) is 14.6. The van der Waals surface area contributed by atoms with E-state index in [-0.39, 0.29) is 25.7 Å². The minimum absolute atomic E-state index is 0.0717. The predicted octanol–water partition coefficient (Wildman–Crippen LogP) is 12.7. The van der Waals surface area contributed by atoms with Crippen molar-refractivity contribution in [2.75, 3.05) is 19.8 Å². The van der Waals surface area contributed by atoms with E-state index in [1.54, 1.807) is 6.08 Å². The summed E-state index contributed by atoms with van der Waals surface area (Å²) in [5, 5.41) is 13.7. The fourth-order valence-electron chi connectivity index (χ4n) is 6.24. The molecule has 0 heterocycles. The number of hydrogen-bond acceptors (Lipinski definition) is 6. The van der Waals surface area contributed by atoms with Gasteiger partial charge in [-0.05, 0) is 57.8 Å². The molecule has 0 saturated carbocycles. The van der Waals surface area contributed by atoms with Crippen LogP contribution in [0.4, 0.5) is 0 Å². The highest BCUT2D eigenvalue weighted by atomic mass is 31.2. The van der Waals surface area contributed by atoms with Gasteiger partial charge in [0, 0.05) is 13.0 Å². The topological polar surface area (TPSA) is 131 Å². The van der Waals surface area contributed by atoms with E-state index in [0.29, 0.717) is 6.42 Å². The molecule has 5 N–H and O–H groups in total. The Labute approximate surface area is 338 Å². The van der Waals surface area contributed by atoms with Gasteiger partial charge in [0.15, 0.2) is 0 Å². The second kappa shape index (κ2) is 41.8. The molecule has 0 saturated heterocycles. The molecule has 320 valence electrons. The Morgan fingerprint density at radius 3 is 1.55 bits per heavy atom. The van der Waals surface area contributed by atoms with E-state index in [2.05, 4.69) is 67.8 Å². The third-order valence-electron chi connectivity index (χ3n) is 9.60. The molecule has 0 aliphatic rings. The highest BCUT2D eigenvalue weighted by Crippen LogP contribution is 2.43. The van der Waals surface area contributed by atoms with Crippen molar-refractivity contribution in [1.29, 1.82) is 0 Å². The molecule has 55 heavy (non-hydrogen) atoms. The average Bonchev–Trinajstić information content (AvgIpc) is 3.17. The van der Waals surface area contributed by atoms with Gasteiger partial charge in [-0.1, -0.05) is 190 Å². The molecule has 0 aromatic carbocycles. The molecule has 1 amide bonds. The third-order valence-corrected chi connectivity index (χ3v) is 10.6. The molecule has 0 aliphatic heterocycles. The number of phosphoric ester groups is 1. The van der Waals surface area contributed by atoms with Gasteiger partial charge >= 0.3 is 7.82 Å². The zero-order valence-electron chi connectivity index (χ0n) is 35.4. The Bertz CT molecular complexity index is 1040. The Balaban J connectivity index is 4.25. The number of phosphoric acid groups is 1. The molecule has 9 heteroatoms. The van der Waals surface area contributed by atoms with Crippen LogP contribution in [0, 0.1) is 0 Å². The lowest BCUT2D eigenvalue weighted by Crippen LogP contribution is -2.45. The van der Waals surface area contributed by atoms with E-state index in [4.69, 9.17) is 14.8 Å². The van der Waals surface area contributed by atoms with Crippen molar-refractivity contribution in [3.05, 3.63) is 60.8 Å². The van der Waals surface area contributed by atoms with E-state index in [1.807, 2.05) is 6.08 Å². The molecule has 0 aromatic heterocycles. The highest BCUT2D eigenvalue weighted by molar-refractivity contribution is 7.47. The number of aliphatic hydroxyl groups is 1. The largest absolute Gasteiger partial charge is 0.472 e. The minimum Gasteiger partial charge on any atom is -0.387 e. The van der Waals surface area contributed by atoms with Crippen LogP contribution in [0.3, 0.4) is 0 Å². The number of amides is 1. The lowest BCUT2D eigenvalue weighted by Gasteiger charge is -2.23. The van der Waals surface area contributed by atoms with Gasteiger partial charge in [0.05, 0.1) is 25.4 Å². The van der Waals surface area contributed by atoms with Crippen molar-refractivity contribution in [3.63, 3.8) is 0 Å². The number of unbranched alkanes of at least 4 members (excludes halogenated alkanes) is 21. The lowest BCUT2D eigenvalue weighted by molar-refractivity contribution is -0.123. The summed E-state index contributed by atoms with van der Waals surface area (Å²) in [6, 6.07) is -0.876. The lowest BCUT2D eigenvalue weighted by atomic mass is 10.0. The highest BCUT2D eigenvalue weighted by Gasteiger charge is 2.26. The first-order chi connectivity index (χ1) is 26.9. The smallest absolute Gasteiger partial charge is 0.387 e. The summed E-state index contributed by atoms with van der Waals surface area (Å²) in [7, 11) is -4.35. The Morgan fingerprint density at radius 1 is 0.618 bits per heavy atom. The molecular weight excluding hydrogens is 707 g/mol. The zero-order valence-corrected chi connectivity index (χ0v) is 36.3. The number of rotatable bonds is 41. The minimum atomic E-state index is -4.35. The summed E-state index contributed by atoms with van der Waals surface area (Å²) in [6.45, 7) is 4.00. The van der Waals surface area contributed by atoms with Crippen molar-refractivity contribution in [2.45, 2.75) is 206 Å². The van der Waals surface area contributed by atoms with Crippen LogP contribution in [0.25, 0.3) is 0 Å². The second-order valence-corrected chi connectivity index (χ2v) is 16.3. The summed E-state index contributed by atoms with van der Waals surface area (Å²) in [4.78, 5) is 22.7. The van der Waals surface area contributed by atoms with Crippen LogP contribution in [0.5, 0.6) is 0 Å². The maximum Gasteiger partial charge on any atom is 0.472 e. The van der Waals surface area contributed by atoms with Crippen LogP contribution >= 0.6 is 7.82 Å². The van der Waals surface area contributed by atoms with Crippen LogP contribution in [0.15, 0.2) is 60.8 Å². The monoisotopic (exact) mass is 793 g/mol. The first-order valence-electron chi connectivity index (χ1n) is 22.4. The first kappa shape index (κ1) is 53.2. The molecule has 0 aliphatic carbocycles. The number of allylic oxidation sites excluding steroid dienone is 9. The standard InChI is InChI=1S/C46H85N2O6P/c1-3-5-7-9-11-13-15-17-19-21-22-24-25-27-29-31-33-35-37-39-45(49)44(43-54-55(51,52)53-42-41-47)48-46(50)40-38-36-34-32-30-28-26-23-20-18-16-14-12-10-8-6-4-2/h6,8,12,14,18,20,26,28,37,39,44-45,49H,3-5,7,9-11,13,15-17,19,21-25,27,29-36,38,40-43,47H2,1-2H3,(H,48,50)(H,51,52)/b8-6-,14-12-,20-18-,28-26-,39-37+. The van der Waals surface area contributed by atoms with Gasteiger partial charge in [-0.2, -0.15) is 0 Å². The van der Waals surface area contributed by atoms with E-state index < -0.39 is 20.0 Å². The van der Waals surface area contributed by atoms with E-state index in [0.717, 1.165) is 77.0 Å². The summed E-state index contributed by atoms with van der Waals surface area (Å²) in [5.41, 5.74) is 5.37. The van der Waals surface area contributed by atoms with Crippen molar-refractivity contribution in [3.8, 4) is 0 Å².